The third-order valence-electron chi connectivity index (χ3n) is 4.53. The van der Waals surface area contributed by atoms with Crippen LogP contribution in [-0.4, -0.2) is 28.9 Å². The zero-order valence-electron chi connectivity index (χ0n) is 16.0. The SMILES string of the molecule is CCCCCc1cnccc1C(=O)N(CCCCC)CCCCC. The van der Waals surface area contributed by atoms with Crippen LogP contribution in [0.15, 0.2) is 18.5 Å². The van der Waals surface area contributed by atoms with Crippen LogP contribution in [0.1, 0.15) is 94.5 Å². The predicted octanol–water partition coefficient (Wildman–Crippen LogP) is 5.64. The summed E-state index contributed by atoms with van der Waals surface area (Å²) in [6, 6.07) is 1.91. The van der Waals surface area contributed by atoms with Crippen LogP contribution in [0.25, 0.3) is 0 Å². The van der Waals surface area contributed by atoms with Gasteiger partial charge >= 0.3 is 0 Å². The topological polar surface area (TPSA) is 33.2 Å². The Morgan fingerprint density at radius 2 is 1.50 bits per heavy atom. The van der Waals surface area contributed by atoms with Crippen molar-refractivity contribution in [3.8, 4) is 0 Å². The minimum absolute atomic E-state index is 0.205. The second-order valence-corrected chi connectivity index (χ2v) is 6.70. The number of carbonyl (C=O) groups is 1. The van der Waals surface area contributed by atoms with Crippen LogP contribution in [-0.2, 0) is 6.42 Å². The Morgan fingerprint density at radius 1 is 0.917 bits per heavy atom. The highest BCUT2D eigenvalue weighted by atomic mass is 16.2. The van der Waals surface area contributed by atoms with E-state index in [1.807, 2.05) is 12.3 Å². The van der Waals surface area contributed by atoms with E-state index in [-0.39, 0.29) is 5.91 Å². The van der Waals surface area contributed by atoms with Gasteiger partial charge in [-0.05, 0) is 37.3 Å². The van der Waals surface area contributed by atoms with Crippen LogP contribution < -0.4 is 0 Å². The van der Waals surface area contributed by atoms with E-state index in [0.29, 0.717) is 0 Å². The van der Waals surface area contributed by atoms with E-state index in [2.05, 4.69) is 30.7 Å². The normalized spacial score (nSPS) is 10.8. The molecule has 0 aromatic carbocycles. The molecule has 136 valence electrons. The number of amides is 1. The average molecular weight is 333 g/mol. The molecular formula is C21H36N2O. The molecule has 0 aliphatic rings. The van der Waals surface area contributed by atoms with Gasteiger partial charge in [0, 0.05) is 31.0 Å². The van der Waals surface area contributed by atoms with Gasteiger partial charge in [-0.3, -0.25) is 9.78 Å². The van der Waals surface area contributed by atoms with Crippen LogP contribution in [0.4, 0.5) is 0 Å². The summed E-state index contributed by atoms with van der Waals surface area (Å²) in [4.78, 5) is 19.4. The Balaban J connectivity index is 2.79. The van der Waals surface area contributed by atoms with Gasteiger partial charge in [-0.25, -0.2) is 0 Å². The van der Waals surface area contributed by atoms with Gasteiger partial charge < -0.3 is 4.90 Å². The molecule has 0 aliphatic carbocycles. The van der Waals surface area contributed by atoms with E-state index in [4.69, 9.17) is 0 Å². The first-order chi connectivity index (χ1) is 11.7. The summed E-state index contributed by atoms with van der Waals surface area (Å²) in [6.07, 6.45) is 15.1. The third kappa shape index (κ3) is 7.46. The van der Waals surface area contributed by atoms with Crippen molar-refractivity contribution in [3.05, 3.63) is 29.6 Å². The second kappa shape index (κ2) is 13.0. The van der Waals surface area contributed by atoms with Gasteiger partial charge in [0.1, 0.15) is 0 Å². The highest BCUT2D eigenvalue weighted by Gasteiger charge is 2.18. The minimum Gasteiger partial charge on any atom is -0.339 e. The summed E-state index contributed by atoms with van der Waals surface area (Å²) in [5, 5.41) is 0. The number of unbranched alkanes of at least 4 members (excludes halogenated alkanes) is 6. The van der Waals surface area contributed by atoms with Crippen molar-refractivity contribution in [1.82, 2.24) is 9.88 Å². The zero-order valence-corrected chi connectivity index (χ0v) is 16.0. The number of aromatic nitrogens is 1. The fourth-order valence-electron chi connectivity index (χ4n) is 2.99. The monoisotopic (exact) mass is 332 g/mol. The lowest BCUT2D eigenvalue weighted by molar-refractivity contribution is 0.0748. The molecule has 0 saturated carbocycles. The fourth-order valence-corrected chi connectivity index (χ4v) is 2.99. The van der Waals surface area contributed by atoms with Crippen LogP contribution in [0.5, 0.6) is 0 Å². The molecular weight excluding hydrogens is 296 g/mol. The summed E-state index contributed by atoms with van der Waals surface area (Å²) in [5.74, 6) is 0.205. The summed E-state index contributed by atoms with van der Waals surface area (Å²) < 4.78 is 0. The quantitative estimate of drug-likeness (QED) is 0.438. The average Bonchev–Trinajstić information content (AvgIpc) is 2.61. The Bertz CT molecular complexity index is 449. The number of carbonyl (C=O) groups excluding carboxylic acids is 1. The van der Waals surface area contributed by atoms with Crippen molar-refractivity contribution >= 4 is 5.91 Å². The predicted molar refractivity (Wildman–Crippen MR) is 102 cm³/mol. The van der Waals surface area contributed by atoms with Gasteiger partial charge in [0.25, 0.3) is 5.91 Å². The standard InChI is InChI=1S/C21H36N2O/c1-4-7-10-13-19-18-22-15-14-20(19)21(24)23(16-11-8-5-2)17-12-9-6-3/h14-15,18H,4-13,16-17H2,1-3H3. The molecule has 0 saturated heterocycles. The Hall–Kier alpha value is -1.38. The Labute approximate surface area is 148 Å². The lowest BCUT2D eigenvalue weighted by Crippen LogP contribution is -2.33. The molecule has 0 radical (unpaired) electrons. The molecule has 1 aromatic rings. The molecule has 0 unspecified atom stereocenters. The van der Waals surface area contributed by atoms with E-state index in [0.717, 1.165) is 49.9 Å². The van der Waals surface area contributed by atoms with Gasteiger partial charge in [0.2, 0.25) is 0 Å². The third-order valence-corrected chi connectivity index (χ3v) is 4.53. The molecule has 0 fully saturated rings. The number of rotatable bonds is 13. The number of pyridine rings is 1. The van der Waals surface area contributed by atoms with E-state index in [9.17, 15) is 4.79 Å². The lowest BCUT2D eigenvalue weighted by atomic mass is 10.0. The van der Waals surface area contributed by atoms with E-state index in [1.165, 1.54) is 38.5 Å². The minimum atomic E-state index is 0.205. The van der Waals surface area contributed by atoms with Crippen LogP contribution in [0.2, 0.25) is 0 Å². The van der Waals surface area contributed by atoms with E-state index < -0.39 is 0 Å². The molecule has 1 heterocycles. The molecule has 0 bridgehead atoms. The van der Waals surface area contributed by atoms with Gasteiger partial charge in [-0.1, -0.05) is 59.3 Å². The van der Waals surface area contributed by atoms with Crippen molar-refractivity contribution in [2.24, 2.45) is 0 Å². The first kappa shape index (κ1) is 20.7. The van der Waals surface area contributed by atoms with Crippen LogP contribution in [0, 0.1) is 0 Å². The molecule has 0 atom stereocenters. The summed E-state index contributed by atoms with van der Waals surface area (Å²) in [6.45, 7) is 8.38. The highest BCUT2D eigenvalue weighted by molar-refractivity contribution is 5.95. The molecule has 0 N–H and O–H groups in total. The van der Waals surface area contributed by atoms with Gasteiger partial charge in [-0.2, -0.15) is 0 Å². The fraction of sp³-hybridized carbons (Fsp3) is 0.714. The molecule has 0 spiro atoms. The molecule has 3 heteroatoms. The van der Waals surface area contributed by atoms with Crippen molar-refractivity contribution < 1.29 is 4.79 Å². The first-order valence-electron chi connectivity index (χ1n) is 9.96. The number of hydrogen-bond acceptors (Lipinski definition) is 2. The van der Waals surface area contributed by atoms with Crippen molar-refractivity contribution in [3.63, 3.8) is 0 Å². The highest BCUT2D eigenvalue weighted by Crippen LogP contribution is 2.15. The molecule has 0 aliphatic heterocycles. The molecule has 3 nitrogen and oxygen atoms in total. The van der Waals surface area contributed by atoms with Crippen molar-refractivity contribution in [2.75, 3.05) is 13.1 Å². The maximum Gasteiger partial charge on any atom is 0.254 e. The maximum absolute atomic E-state index is 13.1. The number of nitrogens with zero attached hydrogens (tertiary/aromatic N) is 2. The van der Waals surface area contributed by atoms with Gasteiger partial charge in [0.05, 0.1) is 0 Å². The smallest absolute Gasteiger partial charge is 0.254 e. The Morgan fingerprint density at radius 3 is 2.08 bits per heavy atom. The maximum atomic E-state index is 13.1. The van der Waals surface area contributed by atoms with Crippen LogP contribution in [0.3, 0.4) is 0 Å². The lowest BCUT2D eigenvalue weighted by Gasteiger charge is -2.24. The summed E-state index contributed by atoms with van der Waals surface area (Å²) >= 11 is 0. The zero-order chi connectivity index (χ0) is 17.6. The summed E-state index contributed by atoms with van der Waals surface area (Å²) in [7, 11) is 0. The van der Waals surface area contributed by atoms with Gasteiger partial charge in [-0.15, -0.1) is 0 Å². The summed E-state index contributed by atoms with van der Waals surface area (Å²) in [5.41, 5.74) is 1.99. The van der Waals surface area contributed by atoms with Crippen molar-refractivity contribution in [2.45, 2.75) is 85.0 Å². The second-order valence-electron chi connectivity index (χ2n) is 6.70. The molecule has 24 heavy (non-hydrogen) atoms. The first-order valence-corrected chi connectivity index (χ1v) is 9.96. The van der Waals surface area contributed by atoms with E-state index >= 15 is 0 Å². The Kier molecular flexibility index (Phi) is 11.2. The van der Waals surface area contributed by atoms with Gasteiger partial charge in [0.15, 0.2) is 0 Å². The number of hydrogen-bond donors (Lipinski definition) is 0. The molecule has 1 amide bonds. The molecule has 1 rings (SSSR count). The number of aryl methyl sites for hydroxylation is 1. The van der Waals surface area contributed by atoms with E-state index in [1.54, 1.807) is 6.20 Å². The van der Waals surface area contributed by atoms with Crippen molar-refractivity contribution in [1.29, 1.82) is 0 Å². The van der Waals surface area contributed by atoms with Crippen LogP contribution >= 0.6 is 0 Å². The molecule has 1 aromatic heterocycles. The largest absolute Gasteiger partial charge is 0.339 e.